The van der Waals surface area contributed by atoms with E-state index in [0.717, 1.165) is 11.1 Å². The van der Waals surface area contributed by atoms with Gasteiger partial charge in [0.15, 0.2) is 0 Å². The van der Waals surface area contributed by atoms with Crippen LogP contribution in [0.4, 0.5) is 15.9 Å². The predicted octanol–water partition coefficient (Wildman–Crippen LogP) is 3.91. The molecule has 1 heterocycles. The maximum absolute atomic E-state index is 14.1. The van der Waals surface area contributed by atoms with Crippen LogP contribution in [-0.4, -0.2) is 20.8 Å². The van der Waals surface area contributed by atoms with E-state index < -0.39 is 28.5 Å². The third-order valence-corrected chi connectivity index (χ3v) is 5.33. The van der Waals surface area contributed by atoms with E-state index in [1.54, 1.807) is 12.1 Å². The summed E-state index contributed by atoms with van der Waals surface area (Å²) in [4.78, 5) is 39.5. The molecule has 0 bridgehead atoms. The summed E-state index contributed by atoms with van der Waals surface area (Å²) in [5.41, 5.74) is -0.426. The molecule has 4 rings (SSSR count). The number of aromatic amines is 1. The molecule has 4 N–H and O–H groups in total. The van der Waals surface area contributed by atoms with E-state index in [2.05, 4.69) is 15.6 Å². The number of carbonyl (C=O) groups is 1. The van der Waals surface area contributed by atoms with Gasteiger partial charge in [0, 0.05) is 17.8 Å². The Bertz CT molecular complexity index is 1470. The normalized spacial score (nSPS) is 10.6. The van der Waals surface area contributed by atoms with Crippen LogP contribution >= 0.6 is 11.6 Å². The van der Waals surface area contributed by atoms with E-state index in [9.17, 15) is 24.0 Å². The van der Waals surface area contributed by atoms with Gasteiger partial charge in [-0.3, -0.25) is 14.6 Å². The van der Waals surface area contributed by atoms with E-state index >= 15 is 0 Å². The fourth-order valence-electron chi connectivity index (χ4n) is 3.30. The molecule has 10 heteroatoms. The van der Waals surface area contributed by atoms with Crippen molar-refractivity contribution in [1.82, 2.24) is 15.0 Å². The maximum atomic E-state index is 14.1. The van der Waals surface area contributed by atoms with Crippen molar-refractivity contribution in [3.63, 3.8) is 0 Å². The zero-order valence-electron chi connectivity index (χ0n) is 17.5. The number of hydrogen-bond acceptors (Lipinski definition) is 5. The van der Waals surface area contributed by atoms with Crippen LogP contribution in [0.5, 0.6) is 0 Å². The number of aromatic nitrogens is 2. The summed E-state index contributed by atoms with van der Waals surface area (Å²) < 4.78 is 13.9. The maximum Gasteiger partial charge on any atom is 0.363 e. The summed E-state index contributed by atoms with van der Waals surface area (Å²) in [6.45, 7) is -0.277. The van der Waals surface area contributed by atoms with E-state index in [1.807, 2.05) is 42.5 Å². The average Bonchev–Trinajstić information content (AvgIpc) is 2.84. The number of amides is 1. The first-order chi connectivity index (χ1) is 16.3. The smallest absolute Gasteiger partial charge is 0.363 e. The van der Waals surface area contributed by atoms with Gasteiger partial charge < -0.3 is 15.8 Å². The third-order valence-electron chi connectivity index (χ3n) is 5.04. The molecule has 0 aliphatic heterocycles. The second-order valence-electron chi connectivity index (χ2n) is 7.26. The van der Waals surface area contributed by atoms with Crippen LogP contribution in [0, 0.1) is 5.82 Å². The van der Waals surface area contributed by atoms with Crippen molar-refractivity contribution in [1.29, 1.82) is 0 Å². The zero-order valence-corrected chi connectivity index (χ0v) is 18.3. The molecule has 4 aromatic rings. The fraction of sp³-hybridized carbons (Fsp3) is 0.0417. The Morgan fingerprint density at radius 1 is 0.971 bits per heavy atom. The molecule has 0 aliphatic carbocycles. The fourth-order valence-corrected chi connectivity index (χ4v) is 3.50. The van der Waals surface area contributed by atoms with Gasteiger partial charge >= 0.3 is 11.2 Å². The summed E-state index contributed by atoms with van der Waals surface area (Å²) in [6, 6.07) is 21.0. The topological polar surface area (TPSA) is 116 Å². The van der Waals surface area contributed by atoms with E-state index in [-0.39, 0.29) is 27.7 Å². The predicted molar refractivity (Wildman–Crippen MR) is 126 cm³/mol. The Hall–Kier alpha value is -4.37. The van der Waals surface area contributed by atoms with Gasteiger partial charge in [-0.15, -0.1) is 0 Å². The van der Waals surface area contributed by atoms with Gasteiger partial charge in [-0.05, 0) is 29.3 Å². The molecule has 3 aromatic carbocycles. The highest BCUT2D eigenvalue weighted by Gasteiger charge is 2.21. The minimum absolute atomic E-state index is 0.0978. The molecule has 0 saturated heterocycles. The molecule has 0 atom stereocenters. The van der Waals surface area contributed by atoms with Crippen LogP contribution in [0.25, 0.3) is 11.1 Å². The molecule has 34 heavy (non-hydrogen) atoms. The highest BCUT2D eigenvalue weighted by molar-refractivity contribution is 6.30. The minimum Gasteiger partial charge on any atom is -0.421 e. The zero-order chi connectivity index (χ0) is 24.2. The highest BCUT2D eigenvalue weighted by Crippen LogP contribution is 2.23. The van der Waals surface area contributed by atoms with E-state index in [1.165, 1.54) is 18.2 Å². The lowest BCUT2D eigenvalue weighted by atomic mass is 10.1. The van der Waals surface area contributed by atoms with Crippen molar-refractivity contribution in [2.75, 3.05) is 5.32 Å². The Morgan fingerprint density at radius 2 is 1.65 bits per heavy atom. The highest BCUT2D eigenvalue weighted by atomic mass is 35.5. The molecular formula is C24H18ClFN4O4. The van der Waals surface area contributed by atoms with Crippen molar-refractivity contribution < 1.29 is 14.4 Å². The number of hydrogen-bond donors (Lipinski definition) is 4. The first-order valence-corrected chi connectivity index (χ1v) is 10.4. The summed E-state index contributed by atoms with van der Waals surface area (Å²) in [6.07, 6.45) is 0. The number of H-pyrrole nitrogens is 1. The number of nitrogens with one attached hydrogen (secondary N) is 3. The minimum atomic E-state index is -1.24. The Balaban J connectivity index is 1.62. The van der Waals surface area contributed by atoms with Crippen LogP contribution in [-0.2, 0) is 6.54 Å². The molecule has 0 aliphatic rings. The molecule has 0 unspecified atom stereocenters. The lowest BCUT2D eigenvalue weighted by Gasteiger charge is -2.13. The van der Waals surface area contributed by atoms with Gasteiger partial charge in [-0.2, -0.15) is 0 Å². The van der Waals surface area contributed by atoms with Crippen molar-refractivity contribution >= 4 is 29.0 Å². The quantitative estimate of drug-likeness (QED) is 0.312. The van der Waals surface area contributed by atoms with Crippen LogP contribution in [0.1, 0.15) is 15.9 Å². The van der Waals surface area contributed by atoms with Gasteiger partial charge in [0.05, 0.1) is 5.02 Å². The first kappa shape index (κ1) is 22.8. The molecule has 0 saturated carbocycles. The Kier molecular flexibility index (Phi) is 6.46. The monoisotopic (exact) mass is 480 g/mol. The summed E-state index contributed by atoms with van der Waals surface area (Å²) in [5, 5.41) is 14.8. The molecular weight excluding hydrogens is 463 g/mol. The Labute approximate surface area is 197 Å². The summed E-state index contributed by atoms with van der Waals surface area (Å²) >= 11 is 5.75. The molecule has 172 valence electrons. The SMILES string of the molecule is O=C(NCc1cccc(Cl)c1F)c1c(Nc2ccc(-c3ccccc3)cc2)[nH]c(=O)n(O)c1=O. The van der Waals surface area contributed by atoms with Crippen molar-refractivity contribution in [3.05, 3.63) is 116 Å². The molecule has 0 radical (unpaired) electrons. The van der Waals surface area contributed by atoms with Gasteiger partial charge in [0.1, 0.15) is 17.2 Å². The van der Waals surface area contributed by atoms with Gasteiger partial charge in [0.2, 0.25) is 0 Å². The third kappa shape index (κ3) is 4.69. The van der Waals surface area contributed by atoms with Crippen molar-refractivity contribution in [2.45, 2.75) is 6.54 Å². The van der Waals surface area contributed by atoms with Crippen LogP contribution in [0.15, 0.2) is 82.4 Å². The molecule has 1 amide bonds. The second-order valence-corrected chi connectivity index (χ2v) is 7.67. The number of nitrogens with zero attached hydrogens (tertiary/aromatic N) is 1. The molecule has 0 spiro atoms. The van der Waals surface area contributed by atoms with E-state index in [0.29, 0.717) is 5.69 Å². The van der Waals surface area contributed by atoms with Crippen molar-refractivity contribution in [3.8, 4) is 11.1 Å². The van der Waals surface area contributed by atoms with Crippen LogP contribution in [0.3, 0.4) is 0 Å². The number of halogens is 2. The van der Waals surface area contributed by atoms with E-state index in [4.69, 9.17) is 11.6 Å². The molecule has 8 nitrogen and oxygen atoms in total. The summed E-state index contributed by atoms with van der Waals surface area (Å²) in [5.74, 6) is -1.87. The number of anilines is 2. The number of carbonyl (C=O) groups excluding carboxylic acids is 1. The number of benzene rings is 3. The first-order valence-electron chi connectivity index (χ1n) is 10.1. The van der Waals surface area contributed by atoms with Gasteiger partial charge in [-0.1, -0.05) is 70.9 Å². The second kappa shape index (κ2) is 9.63. The molecule has 0 fully saturated rings. The number of rotatable bonds is 6. The largest absolute Gasteiger partial charge is 0.421 e. The van der Waals surface area contributed by atoms with Crippen LogP contribution < -0.4 is 21.9 Å². The standard InChI is InChI=1S/C24H18ClFN4O4/c25-18-8-4-7-16(20(18)26)13-27-22(31)19-21(29-24(33)30(34)23(19)32)28-17-11-9-15(10-12-17)14-5-2-1-3-6-14/h1-12,28,34H,13H2,(H,27,31)(H,29,33). The van der Waals surface area contributed by atoms with Crippen molar-refractivity contribution in [2.24, 2.45) is 0 Å². The lowest BCUT2D eigenvalue weighted by molar-refractivity contribution is 0.0939. The van der Waals surface area contributed by atoms with Crippen LogP contribution in [0.2, 0.25) is 5.02 Å². The van der Waals surface area contributed by atoms with Gasteiger partial charge in [0.25, 0.3) is 5.91 Å². The Morgan fingerprint density at radius 3 is 2.35 bits per heavy atom. The lowest BCUT2D eigenvalue weighted by Crippen LogP contribution is -2.40. The summed E-state index contributed by atoms with van der Waals surface area (Å²) in [7, 11) is 0. The van der Waals surface area contributed by atoms with Gasteiger partial charge in [-0.25, -0.2) is 9.18 Å². The average molecular weight is 481 g/mol. The molecule has 1 aromatic heterocycles.